The van der Waals surface area contributed by atoms with Gasteiger partial charge < -0.3 is 11.1 Å². The van der Waals surface area contributed by atoms with Crippen LogP contribution in [-0.4, -0.2) is 11.9 Å². The first-order valence-electron chi connectivity index (χ1n) is 7.39. The topological polar surface area (TPSA) is 55.1 Å². The first-order chi connectivity index (χ1) is 9.58. The summed E-state index contributed by atoms with van der Waals surface area (Å²) in [7, 11) is 0. The van der Waals surface area contributed by atoms with Gasteiger partial charge in [-0.2, -0.15) is 0 Å². The zero-order valence-corrected chi connectivity index (χ0v) is 13.7. The van der Waals surface area contributed by atoms with Crippen LogP contribution in [-0.2, 0) is 4.79 Å². The Labute approximate surface area is 127 Å². The van der Waals surface area contributed by atoms with Gasteiger partial charge in [-0.1, -0.05) is 32.9 Å². The van der Waals surface area contributed by atoms with Gasteiger partial charge >= 0.3 is 0 Å². The van der Waals surface area contributed by atoms with Crippen LogP contribution in [0.1, 0.15) is 57.7 Å². The Morgan fingerprint density at radius 1 is 1.38 bits per heavy atom. The fraction of sp³-hybridized carbons (Fsp3) is 0.588. The highest BCUT2D eigenvalue weighted by Gasteiger charge is 2.19. The maximum Gasteiger partial charge on any atom is 0.222 e. The molecule has 0 aliphatic carbocycles. The van der Waals surface area contributed by atoms with Crippen LogP contribution in [0.4, 0.5) is 4.39 Å². The molecule has 0 aromatic heterocycles. The number of carbonyl (C=O) groups excluding carboxylic acids is 1. The fourth-order valence-electron chi connectivity index (χ4n) is 2.36. The molecule has 4 heteroatoms. The molecule has 3 N–H and O–H groups in total. The summed E-state index contributed by atoms with van der Waals surface area (Å²) in [6, 6.07) is 4.63. The van der Waals surface area contributed by atoms with E-state index < -0.39 is 0 Å². The second-order valence-corrected chi connectivity index (χ2v) is 7.03. The van der Waals surface area contributed by atoms with Crippen molar-refractivity contribution in [3.8, 4) is 0 Å². The van der Waals surface area contributed by atoms with Gasteiger partial charge in [-0.15, -0.1) is 0 Å². The molecule has 1 rings (SSSR count). The van der Waals surface area contributed by atoms with Gasteiger partial charge in [0, 0.05) is 12.5 Å². The van der Waals surface area contributed by atoms with Gasteiger partial charge in [0.15, 0.2) is 0 Å². The van der Waals surface area contributed by atoms with E-state index in [4.69, 9.17) is 5.73 Å². The first kappa shape index (κ1) is 17.6. The molecule has 1 aromatic rings. The Morgan fingerprint density at radius 2 is 2.00 bits per heavy atom. The highest BCUT2D eigenvalue weighted by atomic mass is 19.1. The van der Waals surface area contributed by atoms with Crippen LogP contribution in [0.15, 0.2) is 18.2 Å². The molecule has 0 fully saturated rings. The number of halogens is 1. The van der Waals surface area contributed by atoms with Crippen LogP contribution in [0, 0.1) is 18.2 Å². The molecule has 118 valence electrons. The lowest BCUT2D eigenvalue weighted by Crippen LogP contribution is -2.35. The van der Waals surface area contributed by atoms with E-state index in [1.807, 2.05) is 13.0 Å². The van der Waals surface area contributed by atoms with Crippen LogP contribution in [0.2, 0.25) is 0 Å². The summed E-state index contributed by atoms with van der Waals surface area (Å²) in [6.45, 7) is 9.86. The van der Waals surface area contributed by atoms with Crippen molar-refractivity contribution in [2.45, 2.75) is 59.5 Å². The van der Waals surface area contributed by atoms with Crippen LogP contribution in [0.3, 0.4) is 0 Å². The molecule has 1 amide bonds. The quantitative estimate of drug-likeness (QED) is 0.873. The van der Waals surface area contributed by atoms with Crippen LogP contribution in [0.25, 0.3) is 0 Å². The third kappa shape index (κ3) is 6.25. The lowest BCUT2D eigenvalue weighted by atomic mass is 9.87. The minimum absolute atomic E-state index is 0.0970. The zero-order valence-electron chi connectivity index (χ0n) is 13.7. The Hall–Kier alpha value is -1.42. The molecular formula is C17H27FN2O. The van der Waals surface area contributed by atoms with E-state index in [9.17, 15) is 9.18 Å². The van der Waals surface area contributed by atoms with Crippen molar-refractivity contribution >= 4 is 5.91 Å². The summed E-state index contributed by atoms with van der Waals surface area (Å²) in [6.07, 6.45) is 1.07. The molecule has 0 aliphatic rings. The van der Waals surface area contributed by atoms with Gasteiger partial charge in [-0.05, 0) is 42.9 Å². The predicted octanol–water partition coefficient (Wildman–Crippen LogP) is 3.46. The monoisotopic (exact) mass is 294 g/mol. The van der Waals surface area contributed by atoms with Crippen molar-refractivity contribution in [2.24, 2.45) is 11.1 Å². The van der Waals surface area contributed by atoms with E-state index in [1.165, 1.54) is 6.07 Å². The summed E-state index contributed by atoms with van der Waals surface area (Å²) < 4.78 is 13.5. The zero-order chi connectivity index (χ0) is 16.2. The van der Waals surface area contributed by atoms with Gasteiger partial charge in [0.2, 0.25) is 5.91 Å². The number of carbonyl (C=O) groups is 1. The standard InChI is InChI=1S/C17H27FN2O/c1-11-6-7-13(8-15(11)18)12(2)20-16(21)9-14(19)10-17(3,4)5/h6-8,12,14H,9-10,19H2,1-5H3,(H,20,21). The Balaban J connectivity index is 2.56. The average molecular weight is 294 g/mol. The SMILES string of the molecule is Cc1ccc(C(C)NC(=O)CC(N)CC(C)(C)C)cc1F. The first-order valence-corrected chi connectivity index (χ1v) is 7.39. The molecule has 3 nitrogen and oxygen atoms in total. The van der Waals surface area contributed by atoms with E-state index in [1.54, 1.807) is 13.0 Å². The third-order valence-corrected chi connectivity index (χ3v) is 3.40. The van der Waals surface area contributed by atoms with Gasteiger partial charge in [0.25, 0.3) is 0 Å². The number of hydrogen-bond donors (Lipinski definition) is 2. The van der Waals surface area contributed by atoms with Gasteiger partial charge in [-0.25, -0.2) is 4.39 Å². The second kappa shape index (κ2) is 7.03. The van der Waals surface area contributed by atoms with Crippen LogP contribution in [0.5, 0.6) is 0 Å². The highest BCUT2D eigenvalue weighted by Crippen LogP contribution is 2.21. The fourth-order valence-corrected chi connectivity index (χ4v) is 2.36. The molecule has 0 saturated heterocycles. The number of amides is 1. The number of hydrogen-bond acceptors (Lipinski definition) is 2. The molecule has 0 saturated carbocycles. The van der Waals surface area contributed by atoms with Gasteiger partial charge in [0.1, 0.15) is 5.82 Å². The lowest BCUT2D eigenvalue weighted by Gasteiger charge is -2.23. The third-order valence-electron chi connectivity index (χ3n) is 3.40. The summed E-state index contributed by atoms with van der Waals surface area (Å²) in [4.78, 5) is 12.0. The molecule has 1 aromatic carbocycles. The number of aryl methyl sites for hydroxylation is 1. The molecule has 0 radical (unpaired) electrons. The van der Waals surface area contributed by atoms with E-state index in [2.05, 4.69) is 26.1 Å². The van der Waals surface area contributed by atoms with E-state index >= 15 is 0 Å². The molecule has 2 atom stereocenters. The largest absolute Gasteiger partial charge is 0.350 e. The number of nitrogens with one attached hydrogen (secondary N) is 1. The maximum atomic E-state index is 13.5. The molecule has 0 heterocycles. The molecular weight excluding hydrogens is 267 g/mol. The lowest BCUT2D eigenvalue weighted by molar-refractivity contribution is -0.122. The smallest absolute Gasteiger partial charge is 0.222 e. The normalized spacial score (nSPS) is 14.6. The minimum Gasteiger partial charge on any atom is -0.350 e. The molecule has 21 heavy (non-hydrogen) atoms. The van der Waals surface area contributed by atoms with Crippen molar-refractivity contribution in [3.05, 3.63) is 35.1 Å². The van der Waals surface area contributed by atoms with E-state index in [0.717, 1.165) is 12.0 Å². The number of rotatable bonds is 5. The summed E-state index contributed by atoms with van der Waals surface area (Å²) >= 11 is 0. The summed E-state index contributed by atoms with van der Waals surface area (Å²) in [5.74, 6) is -0.349. The Bertz CT molecular complexity index is 494. The van der Waals surface area contributed by atoms with Crippen molar-refractivity contribution in [2.75, 3.05) is 0 Å². The van der Waals surface area contributed by atoms with E-state index in [0.29, 0.717) is 5.56 Å². The highest BCUT2D eigenvalue weighted by molar-refractivity contribution is 5.77. The Morgan fingerprint density at radius 3 is 2.52 bits per heavy atom. The van der Waals surface area contributed by atoms with Crippen LogP contribution < -0.4 is 11.1 Å². The number of benzene rings is 1. The average Bonchev–Trinajstić information content (AvgIpc) is 2.29. The van der Waals surface area contributed by atoms with Crippen molar-refractivity contribution in [3.63, 3.8) is 0 Å². The maximum absolute atomic E-state index is 13.5. The Kier molecular flexibility index (Phi) is 5.90. The molecule has 2 unspecified atom stereocenters. The van der Waals surface area contributed by atoms with Crippen LogP contribution >= 0.6 is 0 Å². The van der Waals surface area contributed by atoms with Gasteiger partial charge in [-0.3, -0.25) is 4.79 Å². The summed E-state index contributed by atoms with van der Waals surface area (Å²) in [5, 5.41) is 2.87. The van der Waals surface area contributed by atoms with Crippen molar-refractivity contribution < 1.29 is 9.18 Å². The van der Waals surface area contributed by atoms with Crippen molar-refractivity contribution in [1.29, 1.82) is 0 Å². The van der Waals surface area contributed by atoms with Gasteiger partial charge in [0.05, 0.1) is 6.04 Å². The molecule has 0 spiro atoms. The molecule has 0 bridgehead atoms. The van der Waals surface area contributed by atoms with E-state index in [-0.39, 0.29) is 35.6 Å². The number of nitrogens with two attached hydrogens (primary N) is 1. The minimum atomic E-state index is -0.252. The van der Waals surface area contributed by atoms with Crippen molar-refractivity contribution in [1.82, 2.24) is 5.32 Å². The second-order valence-electron chi connectivity index (χ2n) is 7.03. The summed E-state index contributed by atoms with van der Waals surface area (Å²) in [5.41, 5.74) is 7.46. The molecule has 0 aliphatic heterocycles. The predicted molar refractivity (Wildman–Crippen MR) is 84.4 cm³/mol.